The molecular weight excluding hydrogens is 338 g/mol. The van der Waals surface area contributed by atoms with Crippen LogP contribution < -0.4 is 5.32 Å². The zero-order chi connectivity index (χ0) is 19.6. The Balaban J connectivity index is 1.58. The molecule has 3 rings (SSSR count). The molecule has 6 heteroatoms. The number of carbonyl (C=O) groups is 1. The summed E-state index contributed by atoms with van der Waals surface area (Å²) >= 11 is 0. The van der Waals surface area contributed by atoms with Crippen molar-refractivity contribution in [2.75, 3.05) is 19.6 Å². The van der Waals surface area contributed by atoms with Crippen LogP contribution in [0, 0.1) is 20.8 Å². The summed E-state index contributed by atoms with van der Waals surface area (Å²) in [6.07, 6.45) is 5.02. The smallest absolute Gasteiger partial charge is 0.220 e. The van der Waals surface area contributed by atoms with Gasteiger partial charge in [0.2, 0.25) is 5.91 Å². The highest BCUT2D eigenvalue weighted by Gasteiger charge is 2.28. The van der Waals surface area contributed by atoms with Gasteiger partial charge in [-0.1, -0.05) is 6.42 Å². The lowest BCUT2D eigenvalue weighted by Gasteiger charge is -2.41. The Morgan fingerprint density at radius 3 is 2.59 bits per heavy atom. The molecule has 1 aliphatic rings. The van der Waals surface area contributed by atoms with Gasteiger partial charge in [0.05, 0.1) is 5.69 Å². The number of likely N-dealkylation sites (tertiary alicyclic amines) is 1. The molecule has 2 aromatic rings. The highest BCUT2D eigenvalue weighted by molar-refractivity contribution is 5.76. The lowest BCUT2D eigenvalue weighted by atomic mass is 9.98. The molecular formula is C21H33N5O. The Hall–Kier alpha value is -1.95. The first kappa shape index (κ1) is 19.8. The van der Waals surface area contributed by atoms with Gasteiger partial charge in [-0.15, -0.1) is 0 Å². The maximum Gasteiger partial charge on any atom is 0.220 e. The third-order valence-electron chi connectivity index (χ3n) is 5.82. The second kappa shape index (κ2) is 7.97. The van der Waals surface area contributed by atoms with Crippen molar-refractivity contribution in [3.63, 3.8) is 0 Å². The van der Waals surface area contributed by atoms with E-state index in [-0.39, 0.29) is 11.4 Å². The van der Waals surface area contributed by atoms with Crippen LogP contribution in [0.5, 0.6) is 0 Å². The van der Waals surface area contributed by atoms with Crippen LogP contribution in [0.25, 0.3) is 5.65 Å². The summed E-state index contributed by atoms with van der Waals surface area (Å²) in [7, 11) is 0. The van der Waals surface area contributed by atoms with Crippen molar-refractivity contribution in [3.8, 4) is 0 Å². The molecule has 1 aliphatic heterocycles. The zero-order valence-electron chi connectivity index (χ0n) is 17.4. The van der Waals surface area contributed by atoms with E-state index in [1.807, 2.05) is 24.4 Å². The van der Waals surface area contributed by atoms with E-state index >= 15 is 0 Å². The highest BCUT2D eigenvalue weighted by Crippen LogP contribution is 2.20. The van der Waals surface area contributed by atoms with E-state index in [2.05, 4.69) is 41.1 Å². The van der Waals surface area contributed by atoms with Crippen LogP contribution >= 0.6 is 0 Å². The van der Waals surface area contributed by atoms with Crippen LogP contribution in [-0.2, 0) is 11.2 Å². The molecule has 6 nitrogen and oxygen atoms in total. The molecule has 0 aromatic carbocycles. The summed E-state index contributed by atoms with van der Waals surface area (Å²) in [6, 6.07) is 1.99. The van der Waals surface area contributed by atoms with Gasteiger partial charge in [0.1, 0.15) is 0 Å². The van der Waals surface area contributed by atoms with Crippen LogP contribution in [0.3, 0.4) is 0 Å². The van der Waals surface area contributed by atoms with Gasteiger partial charge in [-0.2, -0.15) is 5.10 Å². The van der Waals surface area contributed by atoms with Crippen molar-refractivity contribution < 1.29 is 4.79 Å². The minimum atomic E-state index is 0.00890. The molecule has 0 bridgehead atoms. The van der Waals surface area contributed by atoms with E-state index in [0.717, 1.165) is 41.4 Å². The molecule has 148 valence electrons. The van der Waals surface area contributed by atoms with Crippen molar-refractivity contribution in [1.82, 2.24) is 24.8 Å². The Morgan fingerprint density at radius 2 is 1.89 bits per heavy atom. The topological polar surface area (TPSA) is 62.5 Å². The summed E-state index contributed by atoms with van der Waals surface area (Å²) in [6.45, 7) is 13.5. The molecule has 0 saturated carbocycles. The lowest BCUT2D eigenvalue weighted by Crippen LogP contribution is -2.53. The van der Waals surface area contributed by atoms with E-state index in [1.165, 1.54) is 19.3 Å². The molecule has 1 amide bonds. The normalized spacial score (nSPS) is 16.0. The SMILES string of the molecule is Cc1cc2nc(C)c(CCC(=O)NCC(C)(C)N3CCCCC3)c(C)n2n1. The molecule has 0 unspecified atom stereocenters. The molecule has 2 aromatic heterocycles. The maximum atomic E-state index is 12.5. The monoisotopic (exact) mass is 371 g/mol. The van der Waals surface area contributed by atoms with E-state index in [0.29, 0.717) is 19.4 Å². The summed E-state index contributed by atoms with van der Waals surface area (Å²) in [4.78, 5) is 19.6. The number of piperidine rings is 1. The van der Waals surface area contributed by atoms with E-state index < -0.39 is 0 Å². The number of rotatable bonds is 6. The quantitative estimate of drug-likeness (QED) is 0.848. The standard InChI is InChI=1S/C21H33N5O/c1-15-13-19-23-16(2)18(17(3)26(19)24-15)9-10-20(27)22-14-21(4,5)25-11-7-6-8-12-25/h13H,6-12,14H2,1-5H3,(H,22,27). The third-order valence-corrected chi connectivity index (χ3v) is 5.82. The van der Waals surface area contributed by atoms with Crippen LogP contribution in [-0.4, -0.2) is 50.6 Å². The Labute approximate surface area is 162 Å². The average molecular weight is 372 g/mol. The number of fused-ring (bicyclic) bond motifs is 1. The van der Waals surface area contributed by atoms with Crippen LogP contribution in [0.4, 0.5) is 0 Å². The summed E-state index contributed by atoms with van der Waals surface area (Å²) < 4.78 is 1.88. The Kier molecular flexibility index (Phi) is 5.84. The number of aryl methyl sites for hydroxylation is 3. The second-order valence-electron chi connectivity index (χ2n) is 8.45. The predicted molar refractivity (Wildman–Crippen MR) is 108 cm³/mol. The van der Waals surface area contributed by atoms with Crippen LogP contribution in [0.1, 0.15) is 62.2 Å². The number of hydrogen-bond acceptors (Lipinski definition) is 4. The first-order valence-electron chi connectivity index (χ1n) is 10.1. The highest BCUT2D eigenvalue weighted by atomic mass is 16.1. The third kappa shape index (κ3) is 4.49. The first-order valence-corrected chi connectivity index (χ1v) is 10.1. The van der Waals surface area contributed by atoms with Gasteiger partial charge in [-0.05, 0) is 72.5 Å². The van der Waals surface area contributed by atoms with Crippen LogP contribution in [0.2, 0.25) is 0 Å². The molecule has 0 spiro atoms. The van der Waals surface area contributed by atoms with Gasteiger partial charge in [-0.25, -0.2) is 9.50 Å². The average Bonchev–Trinajstić information content (AvgIpc) is 3.01. The fraction of sp³-hybridized carbons (Fsp3) is 0.667. The van der Waals surface area contributed by atoms with Crippen molar-refractivity contribution in [3.05, 3.63) is 28.7 Å². The minimum absolute atomic E-state index is 0.00890. The number of aromatic nitrogens is 3. The van der Waals surface area contributed by atoms with Gasteiger partial charge in [0, 0.05) is 36.0 Å². The first-order chi connectivity index (χ1) is 12.8. The van der Waals surface area contributed by atoms with E-state index in [1.54, 1.807) is 0 Å². The van der Waals surface area contributed by atoms with Gasteiger partial charge in [0.15, 0.2) is 5.65 Å². The molecule has 1 saturated heterocycles. The largest absolute Gasteiger partial charge is 0.354 e. The number of amides is 1. The fourth-order valence-corrected chi connectivity index (χ4v) is 4.06. The Bertz CT molecular complexity index is 818. The maximum absolute atomic E-state index is 12.5. The number of hydrogen-bond donors (Lipinski definition) is 1. The number of nitrogens with zero attached hydrogens (tertiary/aromatic N) is 4. The van der Waals surface area contributed by atoms with Crippen molar-refractivity contribution in [2.45, 2.75) is 72.3 Å². The van der Waals surface area contributed by atoms with Crippen molar-refractivity contribution >= 4 is 11.6 Å². The van der Waals surface area contributed by atoms with Gasteiger partial charge in [-0.3, -0.25) is 9.69 Å². The summed E-state index contributed by atoms with van der Waals surface area (Å²) in [5, 5.41) is 7.66. The molecule has 0 aliphatic carbocycles. The Morgan fingerprint density at radius 1 is 1.19 bits per heavy atom. The minimum Gasteiger partial charge on any atom is -0.354 e. The number of carbonyl (C=O) groups excluding carboxylic acids is 1. The molecule has 0 atom stereocenters. The number of nitrogens with one attached hydrogen (secondary N) is 1. The second-order valence-corrected chi connectivity index (χ2v) is 8.45. The van der Waals surface area contributed by atoms with Crippen molar-refractivity contribution in [2.24, 2.45) is 0 Å². The van der Waals surface area contributed by atoms with E-state index in [9.17, 15) is 4.79 Å². The summed E-state index contributed by atoms with van der Waals surface area (Å²) in [5.41, 5.74) is 5.03. The summed E-state index contributed by atoms with van der Waals surface area (Å²) in [5.74, 6) is 0.107. The van der Waals surface area contributed by atoms with Gasteiger partial charge >= 0.3 is 0 Å². The predicted octanol–water partition coefficient (Wildman–Crippen LogP) is 2.97. The van der Waals surface area contributed by atoms with Gasteiger partial charge < -0.3 is 5.32 Å². The molecule has 1 fully saturated rings. The molecule has 0 radical (unpaired) electrons. The fourth-order valence-electron chi connectivity index (χ4n) is 4.06. The van der Waals surface area contributed by atoms with Gasteiger partial charge in [0.25, 0.3) is 0 Å². The van der Waals surface area contributed by atoms with Crippen molar-refractivity contribution in [1.29, 1.82) is 0 Å². The molecule has 27 heavy (non-hydrogen) atoms. The molecule has 1 N–H and O–H groups in total. The molecule has 3 heterocycles. The lowest BCUT2D eigenvalue weighted by molar-refractivity contribution is -0.121. The zero-order valence-corrected chi connectivity index (χ0v) is 17.4. The van der Waals surface area contributed by atoms with Crippen LogP contribution in [0.15, 0.2) is 6.07 Å². The van der Waals surface area contributed by atoms with E-state index in [4.69, 9.17) is 0 Å².